The second kappa shape index (κ2) is 6.82. The lowest BCUT2D eigenvalue weighted by Crippen LogP contribution is -2.55. The molecule has 2 amide bonds. The van der Waals surface area contributed by atoms with Gasteiger partial charge in [-0.1, -0.05) is 13.8 Å². The predicted molar refractivity (Wildman–Crippen MR) is 130 cm³/mol. The first kappa shape index (κ1) is 21.3. The van der Waals surface area contributed by atoms with Gasteiger partial charge in [-0.2, -0.15) is 0 Å². The standard InChI is InChI=1S/C28H38N4O2/c1-25-7-17-5-18(8-25)12-27(11-17,15-25)23(33)31-21-22(30-4-3-29-21)32-24(34)28-13-19-6-20(14-28)10-26(2,9-19)16-28/h3-4,17-20H,5-16H2,1-2H3,(H,29,31,33)(H,30,32,34). The molecule has 0 aliphatic heterocycles. The van der Waals surface area contributed by atoms with Gasteiger partial charge in [-0.25, -0.2) is 9.97 Å². The van der Waals surface area contributed by atoms with Crippen molar-refractivity contribution >= 4 is 23.5 Å². The zero-order valence-corrected chi connectivity index (χ0v) is 20.7. The first-order valence-electron chi connectivity index (χ1n) is 13.6. The highest BCUT2D eigenvalue weighted by atomic mass is 16.2. The summed E-state index contributed by atoms with van der Waals surface area (Å²) in [6.45, 7) is 4.76. The summed E-state index contributed by atoms with van der Waals surface area (Å²) in [6, 6.07) is 0. The molecule has 6 heteroatoms. The normalized spacial score (nSPS) is 47.6. The molecule has 0 spiro atoms. The topological polar surface area (TPSA) is 84.0 Å². The molecule has 2 N–H and O–H groups in total. The highest BCUT2D eigenvalue weighted by Crippen LogP contribution is 2.66. The number of carbonyl (C=O) groups is 2. The van der Waals surface area contributed by atoms with Crippen molar-refractivity contribution in [2.75, 3.05) is 10.6 Å². The number of nitrogens with one attached hydrogen (secondary N) is 2. The van der Waals surface area contributed by atoms with E-state index in [-0.39, 0.29) is 22.6 Å². The summed E-state index contributed by atoms with van der Waals surface area (Å²) in [4.78, 5) is 36.4. The first-order chi connectivity index (χ1) is 16.2. The Hall–Kier alpha value is -1.98. The number of nitrogens with zero attached hydrogens (tertiary/aromatic N) is 2. The van der Waals surface area contributed by atoms with E-state index in [9.17, 15) is 9.59 Å². The van der Waals surface area contributed by atoms with E-state index in [4.69, 9.17) is 0 Å². The maximum absolute atomic E-state index is 13.7. The van der Waals surface area contributed by atoms with Crippen molar-refractivity contribution < 1.29 is 9.59 Å². The molecule has 0 aromatic carbocycles. The molecule has 1 aromatic rings. The van der Waals surface area contributed by atoms with E-state index >= 15 is 0 Å². The third kappa shape index (κ3) is 3.19. The van der Waals surface area contributed by atoms with Crippen molar-refractivity contribution in [3.63, 3.8) is 0 Å². The monoisotopic (exact) mass is 462 g/mol. The molecule has 6 nitrogen and oxygen atoms in total. The van der Waals surface area contributed by atoms with Crippen LogP contribution in [-0.4, -0.2) is 21.8 Å². The summed E-state index contributed by atoms with van der Waals surface area (Å²) in [5.41, 5.74) is 0.0310. The maximum Gasteiger partial charge on any atom is 0.231 e. The summed E-state index contributed by atoms with van der Waals surface area (Å²) in [5, 5.41) is 6.29. The van der Waals surface area contributed by atoms with Crippen LogP contribution < -0.4 is 10.6 Å². The summed E-state index contributed by atoms with van der Waals surface area (Å²) in [5.74, 6) is 3.71. The Kier molecular flexibility index (Phi) is 4.28. The van der Waals surface area contributed by atoms with Crippen LogP contribution in [0.2, 0.25) is 0 Å². The van der Waals surface area contributed by atoms with Gasteiger partial charge in [0.1, 0.15) is 0 Å². The Balaban J connectivity index is 1.12. The molecule has 8 fully saturated rings. The molecule has 0 saturated heterocycles. The molecule has 8 aliphatic carbocycles. The van der Waals surface area contributed by atoms with E-state index in [0.717, 1.165) is 38.5 Å². The molecular weight excluding hydrogens is 424 g/mol. The average molecular weight is 463 g/mol. The minimum atomic E-state index is -0.286. The quantitative estimate of drug-likeness (QED) is 0.613. The van der Waals surface area contributed by atoms with Crippen molar-refractivity contribution in [1.29, 1.82) is 0 Å². The summed E-state index contributed by atoms with van der Waals surface area (Å²) in [7, 11) is 0. The number of anilines is 2. The number of carbonyl (C=O) groups excluding carboxylic acids is 2. The highest BCUT2D eigenvalue weighted by molar-refractivity contribution is 6.01. The van der Waals surface area contributed by atoms with E-state index in [1.807, 2.05) is 0 Å². The predicted octanol–water partition coefficient (Wildman–Crippen LogP) is 5.57. The molecule has 0 radical (unpaired) electrons. The van der Waals surface area contributed by atoms with Gasteiger partial charge in [0.05, 0.1) is 10.8 Å². The van der Waals surface area contributed by atoms with Crippen LogP contribution in [0.15, 0.2) is 12.4 Å². The maximum atomic E-state index is 13.7. The van der Waals surface area contributed by atoms with Crippen LogP contribution >= 0.6 is 0 Å². The molecule has 1 aromatic heterocycles. The minimum absolute atomic E-state index is 0.0890. The number of hydrogen-bond donors (Lipinski definition) is 2. The smallest absolute Gasteiger partial charge is 0.231 e. The molecule has 4 atom stereocenters. The highest BCUT2D eigenvalue weighted by Gasteiger charge is 2.60. The molecule has 9 rings (SSSR count). The van der Waals surface area contributed by atoms with Gasteiger partial charge in [0.25, 0.3) is 0 Å². The van der Waals surface area contributed by atoms with Gasteiger partial charge >= 0.3 is 0 Å². The summed E-state index contributed by atoms with van der Waals surface area (Å²) < 4.78 is 0. The number of aromatic nitrogens is 2. The van der Waals surface area contributed by atoms with Gasteiger partial charge in [0.15, 0.2) is 11.6 Å². The van der Waals surface area contributed by atoms with E-state index in [1.165, 1.54) is 38.5 Å². The lowest BCUT2D eigenvalue weighted by atomic mass is 9.44. The Morgan fingerprint density at radius 2 is 1.03 bits per heavy atom. The molecule has 1 heterocycles. The SMILES string of the molecule is CC12CC3CC(C1)CC(C(=O)Nc1nccnc1NC(=O)C14CC5CC(CC(C)(C5)C1)C4)(C3)C2. The summed E-state index contributed by atoms with van der Waals surface area (Å²) >= 11 is 0. The van der Waals surface area contributed by atoms with Crippen LogP contribution in [0.1, 0.15) is 90.9 Å². The second-order valence-corrected chi connectivity index (χ2v) is 14.3. The third-order valence-corrected chi connectivity index (χ3v) is 10.8. The Morgan fingerprint density at radius 3 is 1.35 bits per heavy atom. The minimum Gasteiger partial charge on any atom is -0.307 e. The fourth-order valence-electron chi connectivity index (χ4n) is 11.0. The van der Waals surface area contributed by atoms with Gasteiger partial charge in [0.2, 0.25) is 11.8 Å². The molecular formula is C28H38N4O2. The second-order valence-electron chi connectivity index (χ2n) is 14.3. The van der Waals surface area contributed by atoms with Crippen LogP contribution in [0.4, 0.5) is 11.6 Å². The molecule has 182 valence electrons. The van der Waals surface area contributed by atoms with Crippen molar-refractivity contribution in [2.24, 2.45) is 45.3 Å². The lowest BCUT2D eigenvalue weighted by Gasteiger charge is -2.60. The largest absolute Gasteiger partial charge is 0.307 e. The number of rotatable bonds is 4. The fraction of sp³-hybridized carbons (Fsp3) is 0.786. The van der Waals surface area contributed by atoms with Crippen molar-refractivity contribution in [2.45, 2.75) is 90.9 Å². The van der Waals surface area contributed by atoms with Gasteiger partial charge in [-0.15, -0.1) is 0 Å². The zero-order chi connectivity index (χ0) is 23.3. The van der Waals surface area contributed by atoms with Crippen molar-refractivity contribution in [3.8, 4) is 0 Å². The first-order valence-corrected chi connectivity index (χ1v) is 13.6. The van der Waals surface area contributed by atoms with Crippen molar-refractivity contribution in [1.82, 2.24) is 9.97 Å². The van der Waals surface area contributed by atoms with Crippen LogP contribution in [0, 0.1) is 45.3 Å². The fourth-order valence-corrected chi connectivity index (χ4v) is 11.0. The van der Waals surface area contributed by atoms with Gasteiger partial charge in [0, 0.05) is 12.4 Å². The Bertz CT molecular complexity index is 955. The van der Waals surface area contributed by atoms with E-state index in [2.05, 4.69) is 34.4 Å². The molecule has 8 bridgehead atoms. The third-order valence-electron chi connectivity index (χ3n) is 10.8. The van der Waals surface area contributed by atoms with E-state index in [0.29, 0.717) is 46.1 Å². The van der Waals surface area contributed by atoms with Gasteiger partial charge in [-0.05, 0) is 112 Å². The molecule has 4 unspecified atom stereocenters. The Morgan fingerprint density at radius 1 is 0.676 bits per heavy atom. The zero-order valence-electron chi connectivity index (χ0n) is 20.7. The van der Waals surface area contributed by atoms with E-state index < -0.39 is 0 Å². The lowest BCUT2D eigenvalue weighted by molar-refractivity contribution is -0.150. The number of hydrogen-bond acceptors (Lipinski definition) is 4. The molecule has 8 saturated carbocycles. The average Bonchev–Trinajstić information content (AvgIpc) is 2.71. The number of amides is 2. The van der Waals surface area contributed by atoms with Crippen LogP contribution in [0.3, 0.4) is 0 Å². The van der Waals surface area contributed by atoms with Gasteiger partial charge < -0.3 is 10.6 Å². The molecule has 34 heavy (non-hydrogen) atoms. The van der Waals surface area contributed by atoms with Gasteiger partial charge in [-0.3, -0.25) is 9.59 Å². The van der Waals surface area contributed by atoms with Crippen LogP contribution in [0.25, 0.3) is 0 Å². The van der Waals surface area contributed by atoms with Crippen LogP contribution in [0.5, 0.6) is 0 Å². The van der Waals surface area contributed by atoms with Crippen LogP contribution in [-0.2, 0) is 9.59 Å². The van der Waals surface area contributed by atoms with Crippen molar-refractivity contribution in [3.05, 3.63) is 12.4 Å². The molecule has 8 aliphatic rings. The summed E-state index contributed by atoms with van der Waals surface area (Å²) in [6.07, 6.45) is 16.8. The van der Waals surface area contributed by atoms with E-state index in [1.54, 1.807) is 12.4 Å². The Labute approximate surface area is 202 Å².